The Hall–Kier alpha value is -3.24. The summed E-state index contributed by atoms with van der Waals surface area (Å²) in [6, 6.07) is -2.47. The lowest BCUT2D eigenvalue weighted by Gasteiger charge is -2.25. The fourth-order valence-electron chi connectivity index (χ4n) is 3.27. The fourth-order valence-corrected chi connectivity index (χ4v) is 3.27. The largest absolute Gasteiger partial charge is 0.355 e. The second-order valence-corrected chi connectivity index (χ2v) is 8.62. The van der Waals surface area contributed by atoms with Gasteiger partial charge in [-0.1, -0.05) is 20.3 Å². The van der Waals surface area contributed by atoms with Crippen LogP contribution in [0, 0.1) is 5.92 Å². The van der Waals surface area contributed by atoms with E-state index in [1.165, 1.54) is 19.1 Å². The first-order valence-corrected chi connectivity index (χ1v) is 11.7. The first kappa shape index (κ1) is 28.8. The highest BCUT2D eigenvalue weighted by atomic mass is 16.2. The van der Waals surface area contributed by atoms with Crippen LogP contribution >= 0.6 is 0 Å². The van der Waals surface area contributed by atoms with Crippen molar-refractivity contribution in [1.29, 1.82) is 0 Å². The van der Waals surface area contributed by atoms with Crippen molar-refractivity contribution in [2.45, 2.75) is 78.4 Å². The second kappa shape index (κ2) is 14.1. The first-order chi connectivity index (χ1) is 16.0. The van der Waals surface area contributed by atoms with Gasteiger partial charge in [-0.05, 0) is 39.5 Å². The van der Waals surface area contributed by atoms with Crippen LogP contribution in [-0.4, -0.2) is 71.6 Å². The Bertz CT molecular complexity index is 792. The molecule has 0 saturated heterocycles. The molecule has 190 valence electrons. The van der Waals surface area contributed by atoms with Gasteiger partial charge >= 0.3 is 0 Å². The van der Waals surface area contributed by atoms with E-state index < -0.39 is 29.9 Å². The molecule has 4 N–H and O–H groups in total. The summed E-state index contributed by atoms with van der Waals surface area (Å²) in [5, 5.41) is 10.5. The third-order valence-electron chi connectivity index (χ3n) is 5.31. The number of amides is 6. The van der Waals surface area contributed by atoms with Crippen LogP contribution in [0.15, 0.2) is 12.2 Å². The maximum Gasteiger partial charge on any atom is 0.253 e. The van der Waals surface area contributed by atoms with Gasteiger partial charge in [0, 0.05) is 31.7 Å². The molecule has 0 saturated carbocycles. The average molecular weight is 480 g/mol. The maximum atomic E-state index is 12.6. The minimum atomic E-state index is -0.866. The van der Waals surface area contributed by atoms with E-state index in [2.05, 4.69) is 21.3 Å². The summed E-state index contributed by atoms with van der Waals surface area (Å²) in [5.41, 5.74) is 0. The van der Waals surface area contributed by atoms with E-state index in [0.29, 0.717) is 32.4 Å². The van der Waals surface area contributed by atoms with Crippen LogP contribution in [0.3, 0.4) is 0 Å². The molecule has 0 aromatic carbocycles. The number of carbonyl (C=O) groups is 6. The molecule has 1 rings (SSSR count). The summed E-state index contributed by atoms with van der Waals surface area (Å²) in [4.78, 5) is 73.3. The zero-order chi connectivity index (χ0) is 25.8. The Balaban J connectivity index is 2.40. The summed E-state index contributed by atoms with van der Waals surface area (Å²) in [6.45, 7) is 9.14. The lowest BCUT2D eigenvalue weighted by Crippen LogP contribution is -2.57. The van der Waals surface area contributed by atoms with E-state index in [-0.39, 0.29) is 36.0 Å². The zero-order valence-corrected chi connectivity index (χ0v) is 20.6. The number of hydrogen-bond acceptors (Lipinski definition) is 6. The van der Waals surface area contributed by atoms with Gasteiger partial charge in [-0.25, -0.2) is 0 Å². The van der Waals surface area contributed by atoms with Crippen molar-refractivity contribution < 1.29 is 28.8 Å². The summed E-state index contributed by atoms with van der Waals surface area (Å²) in [7, 11) is 0. The van der Waals surface area contributed by atoms with Crippen molar-refractivity contribution in [1.82, 2.24) is 26.2 Å². The predicted molar refractivity (Wildman–Crippen MR) is 125 cm³/mol. The molecule has 1 aliphatic rings. The average Bonchev–Trinajstić information content (AvgIpc) is 3.08. The lowest BCUT2D eigenvalue weighted by molar-refractivity contribution is -0.137. The molecule has 0 aromatic heterocycles. The van der Waals surface area contributed by atoms with Gasteiger partial charge in [0.25, 0.3) is 11.8 Å². The smallest absolute Gasteiger partial charge is 0.253 e. The van der Waals surface area contributed by atoms with Gasteiger partial charge < -0.3 is 21.3 Å². The second-order valence-electron chi connectivity index (χ2n) is 8.62. The van der Waals surface area contributed by atoms with E-state index in [1.807, 2.05) is 0 Å². The van der Waals surface area contributed by atoms with Crippen molar-refractivity contribution in [3.8, 4) is 0 Å². The van der Waals surface area contributed by atoms with Crippen molar-refractivity contribution in [2.75, 3.05) is 13.1 Å². The molecule has 1 heterocycles. The molecule has 0 unspecified atom stereocenters. The third kappa shape index (κ3) is 9.32. The molecular weight excluding hydrogens is 442 g/mol. The fraction of sp³-hybridized carbons (Fsp3) is 0.652. The Morgan fingerprint density at radius 2 is 1.38 bits per heavy atom. The van der Waals surface area contributed by atoms with Crippen LogP contribution in [-0.2, 0) is 28.8 Å². The van der Waals surface area contributed by atoms with E-state index in [4.69, 9.17) is 0 Å². The summed E-state index contributed by atoms with van der Waals surface area (Å²) >= 11 is 0. The molecule has 0 aliphatic carbocycles. The standard InChI is InChI=1S/C23H37N5O6/c1-6-24-21(32)15(4)26-23(34)20(14(2)3)27-22(33)16(5)25-17(29)10-8-7-9-13-28-18(30)11-12-19(28)31/h11-12,14-16,20H,6-10,13H2,1-5H3,(H,24,32)(H,25,29)(H,26,34)(H,27,33)/t15-,16-,20-/m0/s1. The Morgan fingerprint density at radius 1 is 0.794 bits per heavy atom. The maximum absolute atomic E-state index is 12.6. The number of unbranched alkanes of at least 4 members (excludes halogenated alkanes) is 2. The number of nitrogens with zero attached hydrogens (tertiary/aromatic N) is 1. The van der Waals surface area contributed by atoms with Gasteiger partial charge in [0.05, 0.1) is 0 Å². The minimum absolute atomic E-state index is 0.190. The normalized spacial score (nSPS) is 15.6. The number of hydrogen-bond donors (Lipinski definition) is 4. The van der Waals surface area contributed by atoms with Crippen LogP contribution in [0.4, 0.5) is 0 Å². The van der Waals surface area contributed by atoms with Crippen LogP contribution in [0.2, 0.25) is 0 Å². The summed E-state index contributed by atoms with van der Waals surface area (Å²) < 4.78 is 0. The summed E-state index contributed by atoms with van der Waals surface area (Å²) in [5.74, 6) is -2.51. The Kier molecular flexibility index (Phi) is 12.0. The predicted octanol–water partition coefficient (Wildman–Crippen LogP) is -0.242. The Morgan fingerprint density at radius 3 is 1.94 bits per heavy atom. The molecule has 11 heteroatoms. The van der Waals surface area contributed by atoms with Gasteiger partial charge in [0.15, 0.2) is 0 Å². The molecule has 3 atom stereocenters. The number of carbonyl (C=O) groups excluding carboxylic acids is 6. The van der Waals surface area contributed by atoms with Crippen molar-refractivity contribution in [3.05, 3.63) is 12.2 Å². The van der Waals surface area contributed by atoms with Crippen molar-refractivity contribution in [2.24, 2.45) is 5.92 Å². The van der Waals surface area contributed by atoms with Gasteiger partial charge in [0.2, 0.25) is 23.6 Å². The number of likely N-dealkylation sites (N-methyl/N-ethyl adjacent to an activating group) is 1. The van der Waals surface area contributed by atoms with Crippen molar-refractivity contribution in [3.63, 3.8) is 0 Å². The zero-order valence-electron chi connectivity index (χ0n) is 20.6. The molecular formula is C23H37N5O6. The molecule has 0 bridgehead atoms. The topological polar surface area (TPSA) is 154 Å². The van der Waals surface area contributed by atoms with Crippen molar-refractivity contribution >= 4 is 35.4 Å². The van der Waals surface area contributed by atoms with Gasteiger partial charge in [-0.2, -0.15) is 0 Å². The quantitative estimate of drug-likeness (QED) is 0.199. The summed E-state index contributed by atoms with van der Waals surface area (Å²) in [6.07, 6.45) is 4.43. The molecule has 1 aliphatic heterocycles. The third-order valence-corrected chi connectivity index (χ3v) is 5.31. The van der Waals surface area contributed by atoms with Crippen LogP contribution in [0.5, 0.6) is 0 Å². The first-order valence-electron chi connectivity index (χ1n) is 11.7. The molecule has 6 amide bonds. The van der Waals surface area contributed by atoms with E-state index in [0.717, 1.165) is 4.90 Å². The van der Waals surface area contributed by atoms with Gasteiger partial charge in [0.1, 0.15) is 18.1 Å². The molecule has 0 fully saturated rings. The highest BCUT2D eigenvalue weighted by Gasteiger charge is 2.28. The van der Waals surface area contributed by atoms with E-state index in [1.54, 1.807) is 27.7 Å². The Labute approximate surface area is 200 Å². The van der Waals surface area contributed by atoms with E-state index in [9.17, 15) is 28.8 Å². The lowest BCUT2D eigenvalue weighted by atomic mass is 10.0. The SMILES string of the molecule is CCNC(=O)[C@H](C)NC(=O)[C@@H](NC(=O)[C@H](C)NC(=O)CCCCCN1C(=O)C=CC1=O)C(C)C. The molecule has 0 spiro atoms. The number of imide groups is 1. The molecule has 0 radical (unpaired) electrons. The highest BCUT2D eigenvalue weighted by molar-refractivity contribution is 6.12. The molecule has 0 aromatic rings. The minimum Gasteiger partial charge on any atom is -0.355 e. The van der Waals surface area contributed by atoms with Crippen LogP contribution < -0.4 is 21.3 Å². The van der Waals surface area contributed by atoms with Crippen LogP contribution in [0.25, 0.3) is 0 Å². The van der Waals surface area contributed by atoms with Gasteiger partial charge in [-0.3, -0.25) is 33.7 Å². The monoisotopic (exact) mass is 479 g/mol. The van der Waals surface area contributed by atoms with Crippen LogP contribution in [0.1, 0.15) is 60.3 Å². The molecule has 34 heavy (non-hydrogen) atoms. The van der Waals surface area contributed by atoms with Gasteiger partial charge in [-0.15, -0.1) is 0 Å². The van der Waals surface area contributed by atoms with E-state index >= 15 is 0 Å². The number of rotatable bonds is 14. The highest BCUT2D eigenvalue weighted by Crippen LogP contribution is 2.08. The molecule has 11 nitrogen and oxygen atoms in total. The number of nitrogens with one attached hydrogen (secondary N) is 4.